The van der Waals surface area contributed by atoms with Crippen molar-refractivity contribution in [2.45, 2.75) is 79.3 Å². The van der Waals surface area contributed by atoms with Gasteiger partial charge in [-0.05, 0) is 78.4 Å². The van der Waals surface area contributed by atoms with E-state index in [4.69, 9.17) is 26.6 Å². The molecule has 0 saturated carbocycles. The van der Waals surface area contributed by atoms with Crippen LogP contribution in [0.25, 0.3) is 0 Å². The van der Waals surface area contributed by atoms with Crippen molar-refractivity contribution in [1.29, 1.82) is 0 Å². The fourth-order valence-corrected chi connectivity index (χ4v) is 9.26. The van der Waals surface area contributed by atoms with Crippen LogP contribution < -0.4 is 0 Å². The molecule has 0 aliphatic heterocycles. The van der Waals surface area contributed by atoms with Crippen LogP contribution >= 0.6 is 0 Å². The third-order valence-corrected chi connectivity index (χ3v) is 11.5. The summed E-state index contributed by atoms with van der Waals surface area (Å²) in [7, 11) is -5.18. The first kappa shape index (κ1) is 29.4. The third kappa shape index (κ3) is 10.1. The van der Waals surface area contributed by atoms with Gasteiger partial charge in [0, 0.05) is 51.7 Å². The first-order valence-electron chi connectivity index (χ1n) is 12.4. The normalized spacial score (nSPS) is 12.4. The summed E-state index contributed by atoms with van der Waals surface area (Å²) < 4.78 is 36.0. The zero-order chi connectivity index (χ0) is 23.7. The average molecular weight is 487 g/mol. The molecule has 0 radical (unpaired) electrons. The number of aryl methyl sites for hydroxylation is 2. The topological polar surface area (TPSA) is 55.4 Å². The fraction of sp³-hybridized carbons (Fsp3) is 0.750. The van der Waals surface area contributed by atoms with Crippen LogP contribution in [0.1, 0.15) is 65.5 Å². The molecule has 0 atom stereocenters. The highest BCUT2D eigenvalue weighted by atomic mass is 28.4. The van der Waals surface area contributed by atoms with Gasteiger partial charge in [-0.1, -0.05) is 24.3 Å². The van der Waals surface area contributed by atoms with Gasteiger partial charge in [0.2, 0.25) is 0 Å². The van der Waals surface area contributed by atoms with Crippen LogP contribution in [-0.2, 0) is 39.4 Å². The van der Waals surface area contributed by atoms with Crippen LogP contribution in [-0.4, -0.2) is 57.3 Å². The van der Waals surface area contributed by atoms with Gasteiger partial charge < -0.3 is 26.6 Å². The molecule has 0 unspecified atom stereocenters. The van der Waals surface area contributed by atoms with Gasteiger partial charge in [0.25, 0.3) is 0 Å². The van der Waals surface area contributed by atoms with Crippen molar-refractivity contribution in [3.8, 4) is 0 Å². The summed E-state index contributed by atoms with van der Waals surface area (Å²) in [6.07, 6.45) is 3.95. The second kappa shape index (κ2) is 16.9. The Hall–Kier alpha value is -0.586. The van der Waals surface area contributed by atoms with E-state index in [0.29, 0.717) is 39.6 Å². The standard InChI is InChI=1S/C24H46O6Si2/c1-7-25-31(26-8-2,27-9-3)21-15-19-23-17-13-14-18-24(23)20-16-22-32(28-10-4,29-11-5)30-12-6/h13-14,17-18H,7-12,15-16,19-22H2,1-6H3. The van der Waals surface area contributed by atoms with Gasteiger partial charge in [-0.2, -0.15) is 0 Å². The van der Waals surface area contributed by atoms with E-state index in [-0.39, 0.29) is 0 Å². The largest absolute Gasteiger partial charge is 0.500 e. The van der Waals surface area contributed by atoms with Gasteiger partial charge in [0.05, 0.1) is 0 Å². The van der Waals surface area contributed by atoms with Crippen LogP contribution in [0.5, 0.6) is 0 Å². The quantitative estimate of drug-likeness (QED) is 0.222. The molecule has 0 saturated heterocycles. The summed E-state index contributed by atoms with van der Waals surface area (Å²) in [5.41, 5.74) is 2.77. The van der Waals surface area contributed by atoms with Gasteiger partial charge in [-0.25, -0.2) is 0 Å². The van der Waals surface area contributed by atoms with E-state index in [9.17, 15) is 0 Å². The van der Waals surface area contributed by atoms with Gasteiger partial charge in [0.1, 0.15) is 0 Å². The predicted molar refractivity (Wildman–Crippen MR) is 134 cm³/mol. The van der Waals surface area contributed by atoms with E-state index in [1.54, 1.807) is 0 Å². The fourth-order valence-electron chi connectivity index (χ4n) is 4.04. The van der Waals surface area contributed by atoms with Crippen molar-refractivity contribution >= 4 is 17.6 Å². The van der Waals surface area contributed by atoms with Crippen LogP contribution in [0.2, 0.25) is 12.1 Å². The summed E-state index contributed by atoms with van der Waals surface area (Å²) in [6.45, 7) is 15.7. The molecule has 8 heteroatoms. The third-order valence-electron chi connectivity index (χ3n) is 5.16. The number of hydrogen-bond donors (Lipinski definition) is 0. The van der Waals surface area contributed by atoms with Gasteiger partial charge >= 0.3 is 17.6 Å². The second-order valence-electron chi connectivity index (χ2n) is 7.44. The molecule has 0 bridgehead atoms. The zero-order valence-corrected chi connectivity index (χ0v) is 23.2. The summed E-state index contributed by atoms with van der Waals surface area (Å²) in [5.74, 6) is 0. The first-order chi connectivity index (χ1) is 15.5. The van der Waals surface area contributed by atoms with Crippen molar-refractivity contribution < 1.29 is 26.6 Å². The van der Waals surface area contributed by atoms with Crippen molar-refractivity contribution in [3.05, 3.63) is 35.4 Å². The summed E-state index contributed by atoms with van der Waals surface area (Å²) >= 11 is 0. The van der Waals surface area contributed by atoms with Gasteiger partial charge in [-0.15, -0.1) is 0 Å². The lowest BCUT2D eigenvalue weighted by atomic mass is 10.00. The lowest BCUT2D eigenvalue weighted by molar-refractivity contribution is 0.0699. The zero-order valence-electron chi connectivity index (χ0n) is 21.2. The Balaban J connectivity index is 2.75. The predicted octanol–water partition coefficient (Wildman–Crippen LogP) is 5.65. The first-order valence-corrected chi connectivity index (χ1v) is 16.3. The summed E-state index contributed by atoms with van der Waals surface area (Å²) in [5, 5.41) is 0. The second-order valence-corrected chi connectivity index (χ2v) is 12.9. The van der Waals surface area contributed by atoms with Crippen LogP contribution in [0.4, 0.5) is 0 Å². The molecule has 0 aliphatic carbocycles. The molecule has 186 valence electrons. The smallest absolute Gasteiger partial charge is 0.374 e. The van der Waals surface area contributed by atoms with Crippen LogP contribution in [0.15, 0.2) is 24.3 Å². The van der Waals surface area contributed by atoms with Gasteiger partial charge in [0.15, 0.2) is 0 Å². The Kier molecular flexibility index (Phi) is 15.6. The molecule has 32 heavy (non-hydrogen) atoms. The van der Waals surface area contributed by atoms with Crippen LogP contribution in [0.3, 0.4) is 0 Å². The van der Waals surface area contributed by atoms with Crippen molar-refractivity contribution in [2.75, 3.05) is 39.6 Å². The Morgan fingerprint density at radius 3 is 1.03 bits per heavy atom. The maximum absolute atomic E-state index is 6.01. The van der Waals surface area contributed by atoms with Crippen molar-refractivity contribution in [3.63, 3.8) is 0 Å². The minimum Gasteiger partial charge on any atom is -0.374 e. The highest BCUT2D eigenvalue weighted by Gasteiger charge is 2.40. The van der Waals surface area contributed by atoms with Crippen molar-refractivity contribution in [1.82, 2.24) is 0 Å². The lowest BCUT2D eigenvalue weighted by Crippen LogP contribution is -2.46. The Labute approximate surface area is 198 Å². The lowest BCUT2D eigenvalue weighted by Gasteiger charge is -2.29. The maximum Gasteiger partial charge on any atom is 0.500 e. The SMILES string of the molecule is CCO[Si](CCCc1ccccc1CCC[Si](OCC)(OCC)OCC)(OCC)OCC. The number of hydrogen-bond acceptors (Lipinski definition) is 6. The van der Waals surface area contributed by atoms with E-state index >= 15 is 0 Å². The van der Waals surface area contributed by atoms with E-state index in [1.165, 1.54) is 11.1 Å². The molecule has 0 aliphatic rings. The molecule has 0 N–H and O–H groups in total. The molecule has 1 aromatic carbocycles. The highest BCUT2D eigenvalue weighted by molar-refractivity contribution is 6.61. The molecule has 1 rings (SSSR count). The average Bonchev–Trinajstić information content (AvgIpc) is 2.76. The molecule has 0 spiro atoms. The molecule has 0 heterocycles. The molecular formula is C24H46O6Si2. The molecular weight excluding hydrogens is 440 g/mol. The highest BCUT2D eigenvalue weighted by Crippen LogP contribution is 2.24. The van der Waals surface area contributed by atoms with E-state index in [0.717, 1.165) is 37.8 Å². The Bertz CT molecular complexity index is 517. The summed E-state index contributed by atoms with van der Waals surface area (Å²) in [4.78, 5) is 0. The number of benzene rings is 1. The minimum atomic E-state index is -2.59. The van der Waals surface area contributed by atoms with E-state index in [2.05, 4.69) is 24.3 Å². The van der Waals surface area contributed by atoms with E-state index < -0.39 is 17.6 Å². The minimum absolute atomic E-state index is 0.619. The Morgan fingerprint density at radius 1 is 0.500 bits per heavy atom. The summed E-state index contributed by atoms with van der Waals surface area (Å²) in [6, 6.07) is 10.4. The molecule has 0 amide bonds. The number of rotatable bonds is 20. The molecule has 0 aromatic heterocycles. The molecule has 1 aromatic rings. The molecule has 0 fully saturated rings. The molecule has 6 nitrogen and oxygen atoms in total. The monoisotopic (exact) mass is 486 g/mol. The Morgan fingerprint density at radius 2 is 0.781 bits per heavy atom. The van der Waals surface area contributed by atoms with Crippen LogP contribution in [0, 0.1) is 0 Å². The van der Waals surface area contributed by atoms with E-state index in [1.807, 2.05) is 41.5 Å². The van der Waals surface area contributed by atoms with Gasteiger partial charge in [-0.3, -0.25) is 0 Å². The van der Waals surface area contributed by atoms with Crippen molar-refractivity contribution in [2.24, 2.45) is 0 Å². The maximum atomic E-state index is 6.01.